The molecule has 0 aliphatic carbocycles. The van der Waals surface area contributed by atoms with Crippen molar-refractivity contribution in [2.75, 3.05) is 27.2 Å². The second kappa shape index (κ2) is 6.58. The van der Waals surface area contributed by atoms with Crippen LogP contribution in [0.5, 0.6) is 0 Å². The van der Waals surface area contributed by atoms with Crippen molar-refractivity contribution in [1.82, 2.24) is 15.1 Å². The van der Waals surface area contributed by atoms with Crippen molar-refractivity contribution in [2.24, 2.45) is 0 Å². The molecule has 1 aliphatic rings. The van der Waals surface area contributed by atoms with Gasteiger partial charge < -0.3 is 20.2 Å². The Morgan fingerprint density at radius 1 is 1.44 bits per heavy atom. The van der Waals surface area contributed by atoms with Crippen molar-refractivity contribution in [2.45, 2.75) is 38.3 Å². The van der Waals surface area contributed by atoms with Gasteiger partial charge in [0.15, 0.2) is 0 Å². The molecule has 1 rings (SSSR count). The summed E-state index contributed by atoms with van der Waals surface area (Å²) in [6.07, 6.45) is 2.26. The van der Waals surface area contributed by atoms with Gasteiger partial charge in [0, 0.05) is 13.1 Å². The standard InChI is InChI=1S/C12H23N3O3/c1-4-10(11(16)17)13-12(18)15(3)9-5-7-14(2)8-6-9/h9-10H,4-8H2,1-3H3,(H,13,18)(H,16,17)/t10-/m1/s1. The highest BCUT2D eigenvalue weighted by Gasteiger charge is 2.26. The molecule has 6 heteroatoms. The number of piperidine rings is 1. The van der Waals surface area contributed by atoms with E-state index in [9.17, 15) is 9.59 Å². The van der Waals surface area contributed by atoms with Gasteiger partial charge in [-0.2, -0.15) is 0 Å². The summed E-state index contributed by atoms with van der Waals surface area (Å²) >= 11 is 0. The van der Waals surface area contributed by atoms with E-state index in [-0.39, 0.29) is 12.1 Å². The van der Waals surface area contributed by atoms with Gasteiger partial charge in [0.2, 0.25) is 0 Å². The van der Waals surface area contributed by atoms with Gasteiger partial charge >= 0.3 is 12.0 Å². The molecule has 1 atom stereocenters. The zero-order valence-corrected chi connectivity index (χ0v) is 11.3. The van der Waals surface area contributed by atoms with Crippen LogP contribution in [0.15, 0.2) is 0 Å². The molecule has 0 aromatic carbocycles. The van der Waals surface area contributed by atoms with E-state index in [4.69, 9.17) is 5.11 Å². The summed E-state index contributed by atoms with van der Waals surface area (Å²) in [6.45, 7) is 3.69. The van der Waals surface area contributed by atoms with Crippen molar-refractivity contribution in [3.05, 3.63) is 0 Å². The molecule has 104 valence electrons. The number of nitrogens with one attached hydrogen (secondary N) is 1. The number of carbonyl (C=O) groups is 2. The maximum atomic E-state index is 11.9. The highest BCUT2D eigenvalue weighted by atomic mass is 16.4. The van der Waals surface area contributed by atoms with Crippen LogP contribution in [-0.2, 0) is 4.79 Å². The van der Waals surface area contributed by atoms with E-state index < -0.39 is 12.0 Å². The molecule has 0 radical (unpaired) electrons. The topological polar surface area (TPSA) is 72.9 Å². The molecular weight excluding hydrogens is 234 g/mol. The average molecular weight is 257 g/mol. The average Bonchev–Trinajstić information content (AvgIpc) is 2.35. The van der Waals surface area contributed by atoms with E-state index in [0.717, 1.165) is 25.9 Å². The molecule has 0 spiro atoms. The van der Waals surface area contributed by atoms with E-state index in [2.05, 4.69) is 17.3 Å². The summed E-state index contributed by atoms with van der Waals surface area (Å²) in [5, 5.41) is 11.5. The molecule has 1 saturated heterocycles. The molecule has 18 heavy (non-hydrogen) atoms. The first-order valence-electron chi connectivity index (χ1n) is 6.40. The normalized spacial score (nSPS) is 19.3. The summed E-state index contributed by atoms with van der Waals surface area (Å²) in [6, 6.07) is -0.891. The fourth-order valence-electron chi connectivity index (χ4n) is 2.14. The minimum atomic E-state index is -0.984. The predicted octanol–water partition coefficient (Wildman–Crippen LogP) is 0.585. The van der Waals surface area contributed by atoms with Gasteiger partial charge in [-0.05, 0) is 39.4 Å². The molecule has 0 saturated carbocycles. The second-order valence-corrected chi connectivity index (χ2v) is 4.89. The van der Waals surface area contributed by atoms with Crippen LogP contribution in [0.1, 0.15) is 26.2 Å². The number of urea groups is 1. The van der Waals surface area contributed by atoms with Gasteiger partial charge in [0.1, 0.15) is 6.04 Å². The van der Waals surface area contributed by atoms with Crippen LogP contribution in [0.25, 0.3) is 0 Å². The van der Waals surface area contributed by atoms with Gasteiger partial charge in [-0.1, -0.05) is 6.92 Å². The fourth-order valence-corrected chi connectivity index (χ4v) is 2.14. The number of carbonyl (C=O) groups excluding carboxylic acids is 1. The van der Waals surface area contributed by atoms with Gasteiger partial charge in [0.25, 0.3) is 0 Å². The van der Waals surface area contributed by atoms with Crippen LogP contribution < -0.4 is 5.32 Å². The lowest BCUT2D eigenvalue weighted by Crippen LogP contribution is -2.51. The first kappa shape index (κ1) is 14.8. The van der Waals surface area contributed by atoms with Crippen LogP contribution in [0.3, 0.4) is 0 Å². The SMILES string of the molecule is CC[C@@H](NC(=O)N(C)C1CCN(C)CC1)C(=O)O. The maximum Gasteiger partial charge on any atom is 0.326 e. The Kier molecular flexibility index (Phi) is 5.40. The zero-order valence-electron chi connectivity index (χ0n) is 11.3. The number of carboxylic acid groups (broad SMARTS) is 1. The van der Waals surface area contributed by atoms with E-state index in [1.54, 1.807) is 18.9 Å². The Bertz CT molecular complexity index is 301. The number of aliphatic carboxylic acids is 1. The van der Waals surface area contributed by atoms with Gasteiger partial charge in [0.05, 0.1) is 0 Å². The van der Waals surface area contributed by atoms with Crippen molar-refractivity contribution in [1.29, 1.82) is 0 Å². The number of carboxylic acids is 1. The lowest BCUT2D eigenvalue weighted by Gasteiger charge is -2.35. The lowest BCUT2D eigenvalue weighted by atomic mass is 10.0. The van der Waals surface area contributed by atoms with Crippen molar-refractivity contribution < 1.29 is 14.7 Å². The summed E-state index contributed by atoms with van der Waals surface area (Å²) in [7, 11) is 3.80. The third-order valence-corrected chi connectivity index (χ3v) is 3.56. The number of rotatable bonds is 4. The van der Waals surface area contributed by atoms with E-state index in [1.807, 2.05) is 0 Å². The molecular formula is C12H23N3O3. The highest BCUT2D eigenvalue weighted by molar-refractivity contribution is 5.82. The Hall–Kier alpha value is -1.30. The molecule has 1 heterocycles. The van der Waals surface area contributed by atoms with Crippen molar-refractivity contribution in [3.8, 4) is 0 Å². The summed E-state index contributed by atoms with van der Waals surface area (Å²) in [5.41, 5.74) is 0. The monoisotopic (exact) mass is 257 g/mol. The van der Waals surface area contributed by atoms with Crippen LogP contribution in [-0.4, -0.2) is 66.2 Å². The summed E-state index contributed by atoms with van der Waals surface area (Å²) < 4.78 is 0. The van der Waals surface area contributed by atoms with Crippen molar-refractivity contribution in [3.63, 3.8) is 0 Å². The third-order valence-electron chi connectivity index (χ3n) is 3.56. The van der Waals surface area contributed by atoms with E-state index >= 15 is 0 Å². The zero-order chi connectivity index (χ0) is 13.7. The van der Waals surface area contributed by atoms with Gasteiger partial charge in [-0.25, -0.2) is 9.59 Å². The molecule has 0 unspecified atom stereocenters. The van der Waals surface area contributed by atoms with E-state index in [1.165, 1.54) is 0 Å². The fraction of sp³-hybridized carbons (Fsp3) is 0.833. The first-order valence-corrected chi connectivity index (χ1v) is 6.40. The molecule has 1 fully saturated rings. The summed E-state index contributed by atoms with van der Waals surface area (Å²) in [5.74, 6) is -0.984. The number of likely N-dealkylation sites (tertiary alicyclic amines) is 1. The smallest absolute Gasteiger partial charge is 0.326 e. The first-order chi connectivity index (χ1) is 8.45. The third kappa shape index (κ3) is 3.87. The second-order valence-electron chi connectivity index (χ2n) is 4.89. The predicted molar refractivity (Wildman–Crippen MR) is 68.5 cm³/mol. The van der Waals surface area contributed by atoms with Crippen LogP contribution >= 0.6 is 0 Å². The Morgan fingerprint density at radius 3 is 2.44 bits per heavy atom. The Balaban J connectivity index is 2.48. The molecule has 0 bridgehead atoms. The Labute approximate surface area is 108 Å². The minimum absolute atomic E-state index is 0.201. The van der Waals surface area contributed by atoms with Crippen LogP contribution in [0.4, 0.5) is 4.79 Å². The number of amides is 2. The molecule has 6 nitrogen and oxygen atoms in total. The quantitative estimate of drug-likeness (QED) is 0.773. The maximum absolute atomic E-state index is 11.9. The lowest BCUT2D eigenvalue weighted by molar-refractivity contribution is -0.139. The highest BCUT2D eigenvalue weighted by Crippen LogP contribution is 2.14. The Morgan fingerprint density at radius 2 is 2.00 bits per heavy atom. The van der Waals surface area contributed by atoms with Crippen LogP contribution in [0, 0.1) is 0 Å². The molecule has 0 aromatic rings. The van der Waals surface area contributed by atoms with Crippen LogP contribution in [0.2, 0.25) is 0 Å². The number of hydrogen-bond acceptors (Lipinski definition) is 3. The van der Waals surface area contributed by atoms with Crippen molar-refractivity contribution >= 4 is 12.0 Å². The molecule has 0 aromatic heterocycles. The minimum Gasteiger partial charge on any atom is -0.480 e. The largest absolute Gasteiger partial charge is 0.480 e. The van der Waals surface area contributed by atoms with Gasteiger partial charge in [-0.15, -0.1) is 0 Å². The van der Waals surface area contributed by atoms with Gasteiger partial charge in [-0.3, -0.25) is 0 Å². The molecule has 2 amide bonds. The summed E-state index contributed by atoms with van der Waals surface area (Å²) in [4.78, 5) is 26.7. The molecule has 2 N–H and O–H groups in total. The number of nitrogens with zero attached hydrogens (tertiary/aromatic N) is 2. The number of hydrogen-bond donors (Lipinski definition) is 2. The van der Waals surface area contributed by atoms with E-state index in [0.29, 0.717) is 6.42 Å². The molecule has 1 aliphatic heterocycles.